The van der Waals surface area contributed by atoms with Crippen molar-refractivity contribution in [2.45, 2.75) is 58.8 Å². The summed E-state index contributed by atoms with van der Waals surface area (Å²) >= 11 is 2.13. The molecule has 4 heterocycles. The average Bonchev–Trinajstić information content (AvgIpc) is 4.01. The largest absolute Gasteiger partial charge is 0.678 e. The Morgan fingerprint density at radius 1 is 0.662 bits per heavy atom. The second-order valence-electron chi connectivity index (χ2n) is 15.8. The summed E-state index contributed by atoms with van der Waals surface area (Å²) in [5.74, 6) is -3.78. The molecule has 0 spiro atoms. The van der Waals surface area contributed by atoms with Gasteiger partial charge in [0.15, 0.2) is 0 Å². The molecule has 0 saturated heterocycles. The van der Waals surface area contributed by atoms with Crippen LogP contribution in [0.25, 0.3) is 48.5 Å². The maximum atomic E-state index is 15.8. The number of nitrogens with zero attached hydrogens (tertiary/aromatic N) is 2. The minimum atomic E-state index is -5.66. The first-order valence-electron chi connectivity index (χ1n) is 20.6. The summed E-state index contributed by atoms with van der Waals surface area (Å²) < 4.78 is 125. The Labute approximate surface area is 378 Å². The Morgan fingerprint density at radius 2 is 1.22 bits per heavy atom. The molecule has 0 unspecified atom stereocenters. The summed E-state index contributed by atoms with van der Waals surface area (Å²) in [6.07, 6.45) is 2.50. The van der Waals surface area contributed by atoms with E-state index in [2.05, 4.69) is 28.7 Å². The van der Waals surface area contributed by atoms with Gasteiger partial charge in [0, 0.05) is 80.3 Å². The van der Waals surface area contributed by atoms with Crippen LogP contribution in [0.2, 0.25) is 0 Å². The number of hydrogen-bond donors (Lipinski definition) is 0. The van der Waals surface area contributed by atoms with Crippen LogP contribution >= 0.6 is 22.7 Å². The van der Waals surface area contributed by atoms with E-state index in [0.29, 0.717) is 54.0 Å². The van der Waals surface area contributed by atoms with Gasteiger partial charge in [0.05, 0.1) is 11.4 Å². The van der Waals surface area contributed by atoms with Crippen molar-refractivity contribution in [3.8, 4) is 34.1 Å². The first kappa shape index (κ1) is 43.8. The first-order chi connectivity index (χ1) is 30.9. The highest BCUT2D eigenvalue weighted by atomic mass is 32.1. The van der Waals surface area contributed by atoms with Crippen molar-refractivity contribution in [3.05, 3.63) is 169 Å². The summed E-state index contributed by atoms with van der Waals surface area (Å²) in [5, 5.41) is 1.45. The molecule has 4 aromatic carbocycles. The molecule has 0 bridgehead atoms. The number of rotatable bonds is 6. The molecule has 0 atom stereocenters. The fourth-order valence-electron chi connectivity index (χ4n) is 8.71. The summed E-state index contributed by atoms with van der Waals surface area (Å²) in [6.45, 7) is 8.84. The second-order valence-corrected chi connectivity index (χ2v) is 18.4. The lowest BCUT2D eigenvalue weighted by Gasteiger charge is -2.25. The van der Waals surface area contributed by atoms with Gasteiger partial charge in [0.1, 0.15) is 0 Å². The molecule has 2 aliphatic rings. The van der Waals surface area contributed by atoms with Gasteiger partial charge in [0.25, 0.3) is 0 Å². The molecule has 324 valence electrons. The van der Waals surface area contributed by atoms with Crippen LogP contribution in [0, 0.1) is 37.5 Å². The van der Waals surface area contributed by atoms with Crippen molar-refractivity contribution in [1.82, 2.24) is 4.48 Å². The number of thiophene rings is 2. The molecule has 9 rings (SSSR count). The Balaban J connectivity index is 0.981. The minimum Gasteiger partial charge on any atom is -0.318 e. The maximum absolute atomic E-state index is 15.8. The van der Waals surface area contributed by atoms with Gasteiger partial charge < -0.3 is 4.48 Å². The SMILES string of the molecule is CCC1=C(C)/C(=C/c2c3ccccc3c(C#Cc3ccc(C#Cc4ccc(-c5cc(C6=C(c7c(C)sc8ccccc78)C(F)(F)C(F)(F)C6(F)F)c(C)s5)cc4)cc3)n2B(F)F)N=C1C. The van der Waals surface area contributed by atoms with E-state index >= 15 is 26.3 Å². The van der Waals surface area contributed by atoms with Crippen LogP contribution in [-0.2, 0) is 0 Å². The number of allylic oxidation sites excluding steroid dienone is 4. The van der Waals surface area contributed by atoms with Crippen LogP contribution in [0.5, 0.6) is 0 Å². The van der Waals surface area contributed by atoms with E-state index in [4.69, 9.17) is 0 Å². The van der Waals surface area contributed by atoms with Crippen molar-refractivity contribution in [2.24, 2.45) is 4.99 Å². The topological polar surface area (TPSA) is 17.3 Å². The molecular formula is C52H35BF8N2S2. The Morgan fingerprint density at radius 3 is 1.82 bits per heavy atom. The van der Waals surface area contributed by atoms with Gasteiger partial charge in [-0.1, -0.05) is 79.3 Å². The number of aryl methyl sites for hydroxylation is 2. The van der Waals surface area contributed by atoms with Crippen LogP contribution in [0.15, 0.2) is 125 Å². The number of aliphatic imine (C=N–C) groups is 1. The van der Waals surface area contributed by atoms with E-state index in [0.717, 1.165) is 50.4 Å². The van der Waals surface area contributed by atoms with E-state index < -0.39 is 36.3 Å². The normalized spacial score (nSPS) is 16.9. The Kier molecular flexibility index (Phi) is 10.9. The third-order valence-electron chi connectivity index (χ3n) is 11.9. The lowest BCUT2D eigenvalue weighted by molar-refractivity contribution is -0.254. The molecule has 0 radical (unpaired) electrons. The van der Waals surface area contributed by atoms with Crippen molar-refractivity contribution in [3.63, 3.8) is 0 Å². The Hall–Kier alpha value is -6.41. The van der Waals surface area contributed by atoms with Crippen molar-refractivity contribution < 1.29 is 35.0 Å². The number of halogens is 8. The zero-order chi connectivity index (χ0) is 46.2. The van der Waals surface area contributed by atoms with Gasteiger partial charge in [0.2, 0.25) is 0 Å². The number of benzene rings is 4. The fourth-order valence-corrected chi connectivity index (χ4v) is 10.8. The van der Waals surface area contributed by atoms with Crippen molar-refractivity contribution in [1.29, 1.82) is 0 Å². The molecule has 3 aromatic heterocycles. The van der Waals surface area contributed by atoms with Gasteiger partial charge >= 0.3 is 25.2 Å². The maximum Gasteiger partial charge on any atom is 0.678 e. The van der Waals surface area contributed by atoms with Gasteiger partial charge in [-0.25, -0.2) is 0 Å². The summed E-state index contributed by atoms with van der Waals surface area (Å²) in [4.78, 5) is 5.53. The number of alkyl halides is 6. The van der Waals surface area contributed by atoms with Crippen molar-refractivity contribution in [2.75, 3.05) is 0 Å². The minimum absolute atomic E-state index is 0.184. The lowest BCUT2D eigenvalue weighted by Crippen LogP contribution is -2.48. The molecule has 13 heteroatoms. The van der Waals surface area contributed by atoms with Crippen LogP contribution < -0.4 is 0 Å². The van der Waals surface area contributed by atoms with E-state index in [-0.39, 0.29) is 32.0 Å². The zero-order valence-electron chi connectivity index (χ0n) is 35.4. The molecular weight excluding hydrogens is 880 g/mol. The fraction of sp³-hybridized carbons (Fsp3) is 0.173. The predicted octanol–water partition coefficient (Wildman–Crippen LogP) is 15.1. The monoisotopic (exact) mass is 914 g/mol. The molecule has 0 saturated carbocycles. The quantitative estimate of drug-likeness (QED) is 0.0899. The number of fused-ring (bicyclic) bond motifs is 2. The smallest absolute Gasteiger partial charge is 0.318 e. The van der Waals surface area contributed by atoms with Gasteiger partial charge in [-0.3, -0.25) is 13.6 Å². The molecule has 1 aliphatic carbocycles. The standard InChI is InChI=1S/C52H35BF8N2S2/c1-6-37-29(2)42(62-30(37)3)28-44-39-12-8-7-11-38(39)43(63(44)53(60)61)26-23-34-18-15-33(16-19-34)17-20-35-21-24-36(25-22-35)46-27-41(31(4)64-46)48-49(51(56,57)52(58,59)50(48,54)55)47-32(5)65-45-14-10-9-13-40(45)47/h7-16,18-19,21-22,24-25,27-28H,6H2,1-5H3/b42-28-. The van der Waals surface area contributed by atoms with Crippen molar-refractivity contribution >= 4 is 73.9 Å². The van der Waals surface area contributed by atoms with Crippen LogP contribution in [-0.4, -0.2) is 35.4 Å². The van der Waals surface area contributed by atoms with Gasteiger partial charge in [-0.2, -0.15) is 26.3 Å². The summed E-state index contributed by atoms with van der Waals surface area (Å²) in [7, 11) is -2.86. The molecule has 1 aliphatic heterocycles. The molecule has 2 nitrogen and oxygen atoms in total. The number of hydrogen-bond acceptors (Lipinski definition) is 3. The van der Waals surface area contributed by atoms with Gasteiger partial charge in [-0.05, 0) is 117 Å². The number of aromatic nitrogens is 1. The third-order valence-corrected chi connectivity index (χ3v) is 14.1. The molecule has 0 fully saturated rings. The highest BCUT2D eigenvalue weighted by molar-refractivity contribution is 7.19. The molecule has 7 aromatic rings. The van der Waals surface area contributed by atoms with E-state index in [1.165, 1.54) is 26.0 Å². The van der Waals surface area contributed by atoms with E-state index in [1.807, 2.05) is 20.8 Å². The van der Waals surface area contributed by atoms with E-state index in [9.17, 15) is 8.63 Å². The highest BCUT2D eigenvalue weighted by Gasteiger charge is 2.80. The molecule has 0 amide bonds. The first-order valence-corrected chi connectivity index (χ1v) is 22.2. The zero-order valence-corrected chi connectivity index (χ0v) is 37.0. The highest BCUT2D eigenvalue weighted by Crippen LogP contribution is 2.66. The Bertz CT molecular complexity index is 3360. The molecule has 65 heavy (non-hydrogen) atoms. The third kappa shape index (κ3) is 7.17. The second kappa shape index (κ2) is 16.2. The van der Waals surface area contributed by atoms with Crippen LogP contribution in [0.3, 0.4) is 0 Å². The summed E-state index contributed by atoms with van der Waals surface area (Å²) in [6, 6.07) is 28.6. The van der Waals surface area contributed by atoms with Crippen LogP contribution in [0.4, 0.5) is 35.0 Å². The summed E-state index contributed by atoms with van der Waals surface area (Å²) in [5.41, 5.74) is 3.17. The predicted molar refractivity (Wildman–Crippen MR) is 250 cm³/mol. The lowest BCUT2D eigenvalue weighted by atomic mass is 9.93. The van der Waals surface area contributed by atoms with E-state index in [1.54, 1.807) is 97.1 Å². The molecule has 0 N–H and O–H groups in total. The van der Waals surface area contributed by atoms with Crippen LogP contribution in [0.1, 0.15) is 76.2 Å². The van der Waals surface area contributed by atoms with Gasteiger partial charge in [-0.15, -0.1) is 22.7 Å². The average molecular weight is 915 g/mol.